The second kappa shape index (κ2) is 6.56. The molecule has 0 aromatic carbocycles. The van der Waals surface area contributed by atoms with Crippen molar-refractivity contribution in [1.82, 2.24) is 10.2 Å². The van der Waals surface area contributed by atoms with E-state index in [1.807, 2.05) is 13.8 Å². The van der Waals surface area contributed by atoms with Gasteiger partial charge in [-0.2, -0.15) is 0 Å². The predicted molar refractivity (Wildman–Crippen MR) is 76.9 cm³/mol. The van der Waals surface area contributed by atoms with Gasteiger partial charge < -0.3 is 10.2 Å². The van der Waals surface area contributed by atoms with Gasteiger partial charge in [0.2, 0.25) is 11.8 Å². The lowest BCUT2D eigenvalue weighted by atomic mass is 9.97. The van der Waals surface area contributed by atoms with Crippen molar-refractivity contribution < 1.29 is 18.0 Å². The highest BCUT2D eigenvalue weighted by Gasteiger charge is 2.39. The average Bonchev–Trinajstić information content (AvgIpc) is 2.34. The van der Waals surface area contributed by atoms with Crippen molar-refractivity contribution in [2.75, 3.05) is 18.1 Å². The van der Waals surface area contributed by atoms with Crippen molar-refractivity contribution in [3.63, 3.8) is 0 Å². The molecule has 1 aliphatic rings. The number of hydrogen-bond donors (Lipinski definition) is 1. The monoisotopic (exact) mass is 304 g/mol. The van der Waals surface area contributed by atoms with Crippen LogP contribution in [0.2, 0.25) is 0 Å². The molecule has 1 saturated heterocycles. The minimum Gasteiger partial charge on any atom is -0.343 e. The molecule has 2 atom stereocenters. The van der Waals surface area contributed by atoms with Crippen molar-refractivity contribution in [1.29, 1.82) is 0 Å². The predicted octanol–water partition coefficient (Wildman–Crippen LogP) is 0.183. The molecule has 1 N–H and O–H groups in total. The summed E-state index contributed by atoms with van der Waals surface area (Å²) in [6.45, 7) is 7.31. The smallest absolute Gasteiger partial charge is 0.245 e. The first kappa shape index (κ1) is 16.9. The number of carbonyl (C=O) groups excluding carboxylic acids is 2. The highest BCUT2D eigenvalue weighted by molar-refractivity contribution is 7.91. The number of nitrogens with zero attached hydrogens (tertiary/aromatic N) is 1. The lowest BCUT2D eigenvalue weighted by Crippen LogP contribution is -2.64. The number of sulfone groups is 1. The van der Waals surface area contributed by atoms with Crippen LogP contribution in [-0.4, -0.2) is 55.3 Å². The van der Waals surface area contributed by atoms with Gasteiger partial charge in [-0.25, -0.2) is 8.42 Å². The lowest BCUT2D eigenvalue weighted by Gasteiger charge is -2.40. The Morgan fingerprint density at radius 1 is 1.30 bits per heavy atom. The Hall–Kier alpha value is -1.11. The zero-order valence-corrected chi connectivity index (χ0v) is 13.4. The van der Waals surface area contributed by atoms with Crippen LogP contribution in [0.1, 0.15) is 34.1 Å². The van der Waals surface area contributed by atoms with E-state index in [2.05, 4.69) is 5.32 Å². The fourth-order valence-corrected chi connectivity index (χ4v) is 3.26. The van der Waals surface area contributed by atoms with Gasteiger partial charge >= 0.3 is 0 Å². The third-order valence-corrected chi connectivity index (χ3v) is 5.33. The molecule has 0 spiro atoms. The van der Waals surface area contributed by atoms with E-state index in [0.717, 1.165) is 0 Å². The number of piperazine rings is 1. The number of carbonyl (C=O) groups is 2. The standard InChI is InChI=1S/C13H24N2O4S/c1-5-20(18,19)8-6-7-15-11(9(2)3)12(16)14-10(4)13(15)17/h9-11H,5-8H2,1-4H3,(H,14,16). The van der Waals surface area contributed by atoms with E-state index in [1.165, 1.54) is 4.90 Å². The summed E-state index contributed by atoms with van der Waals surface area (Å²) < 4.78 is 23.0. The first-order valence-corrected chi connectivity index (χ1v) is 8.83. The Labute approximate surface area is 120 Å². The van der Waals surface area contributed by atoms with E-state index >= 15 is 0 Å². The largest absolute Gasteiger partial charge is 0.343 e. The molecule has 20 heavy (non-hydrogen) atoms. The Morgan fingerprint density at radius 3 is 2.40 bits per heavy atom. The van der Waals surface area contributed by atoms with Crippen LogP contribution in [0, 0.1) is 5.92 Å². The molecule has 6 nitrogen and oxygen atoms in total. The van der Waals surface area contributed by atoms with E-state index in [4.69, 9.17) is 0 Å². The molecule has 0 aromatic rings. The molecular formula is C13H24N2O4S. The minimum atomic E-state index is -3.04. The molecule has 1 heterocycles. The molecular weight excluding hydrogens is 280 g/mol. The van der Waals surface area contributed by atoms with E-state index < -0.39 is 21.9 Å². The minimum absolute atomic E-state index is 0.00534. The molecule has 7 heteroatoms. The van der Waals surface area contributed by atoms with Crippen LogP contribution >= 0.6 is 0 Å². The second-order valence-electron chi connectivity index (χ2n) is 5.54. The van der Waals surface area contributed by atoms with Crippen LogP contribution < -0.4 is 5.32 Å². The highest BCUT2D eigenvalue weighted by Crippen LogP contribution is 2.18. The fraction of sp³-hybridized carbons (Fsp3) is 0.846. The van der Waals surface area contributed by atoms with Crippen molar-refractivity contribution >= 4 is 21.7 Å². The van der Waals surface area contributed by atoms with E-state index in [0.29, 0.717) is 13.0 Å². The Kier molecular flexibility index (Phi) is 5.56. The zero-order valence-electron chi connectivity index (χ0n) is 12.5. The maximum absolute atomic E-state index is 12.2. The van der Waals surface area contributed by atoms with Crippen LogP contribution in [-0.2, 0) is 19.4 Å². The van der Waals surface area contributed by atoms with Gasteiger partial charge in [-0.05, 0) is 19.3 Å². The van der Waals surface area contributed by atoms with Crippen LogP contribution in [0.4, 0.5) is 0 Å². The molecule has 0 radical (unpaired) electrons. The molecule has 2 unspecified atom stereocenters. The summed E-state index contributed by atoms with van der Waals surface area (Å²) >= 11 is 0. The van der Waals surface area contributed by atoms with Crippen molar-refractivity contribution in [2.24, 2.45) is 5.92 Å². The average molecular weight is 304 g/mol. The van der Waals surface area contributed by atoms with Crippen LogP contribution in [0.3, 0.4) is 0 Å². The topological polar surface area (TPSA) is 83.6 Å². The van der Waals surface area contributed by atoms with Gasteiger partial charge in [-0.3, -0.25) is 9.59 Å². The lowest BCUT2D eigenvalue weighted by molar-refractivity contribution is -0.150. The molecule has 0 aromatic heterocycles. The first-order valence-electron chi connectivity index (χ1n) is 7.01. The maximum atomic E-state index is 12.2. The Balaban J connectivity index is 2.76. The number of nitrogens with one attached hydrogen (secondary N) is 1. The molecule has 0 aliphatic carbocycles. The van der Waals surface area contributed by atoms with Gasteiger partial charge in [0.25, 0.3) is 0 Å². The molecule has 1 aliphatic heterocycles. The summed E-state index contributed by atoms with van der Waals surface area (Å²) in [6, 6.07) is -1.05. The van der Waals surface area contributed by atoms with Gasteiger partial charge in [-0.1, -0.05) is 20.8 Å². The highest BCUT2D eigenvalue weighted by atomic mass is 32.2. The number of hydrogen-bond acceptors (Lipinski definition) is 4. The third-order valence-electron chi connectivity index (χ3n) is 3.54. The van der Waals surface area contributed by atoms with Crippen molar-refractivity contribution in [2.45, 2.75) is 46.2 Å². The second-order valence-corrected chi connectivity index (χ2v) is 8.01. The quantitative estimate of drug-likeness (QED) is 0.759. The zero-order chi connectivity index (χ0) is 15.5. The normalized spacial score (nSPS) is 24.1. The molecule has 0 bridgehead atoms. The number of rotatable bonds is 6. The Bertz CT molecular complexity index is 473. The van der Waals surface area contributed by atoms with Crippen molar-refractivity contribution in [3.05, 3.63) is 0 Å². The molecule has 116 valence electrons. The fourth-order valence-electron chi connectivity index (χ4n) is 2.40. The van der Waals surface area contributed by atoms with Crippen LogP contribution in [0.25, 0.3) is 0 Å². The molecule has 0 saturated carbocycles. The van der Waals surface area contributed by atoms with E-state index in [9.17, 15) is 18.0 Å². The van der Waals surface area contributed by atoms with Crippen LogP contribution in [0.5, 0.6) is 0 Å². The van der Waals surface area contributed by atoms with E-state index in [1.54, 1.807) is 13.8 Å². The summed E-state index contributed by atoms with van der Waals surface area (Å²) in [5.74, 6) is -0.156. The summed E-state index contributed by atoms with van der Waals surface area (Å²) in [4.78, 5) is 25.7. The maximum Gasteiger partial charge on any atom is 0.245 e. The molecule has 1 rings (SSSR count). The molecule has 1 fully saturated rings. The number of amides is 2. The summed E-state index contributed by atoms with van der Waals surface area (Å²) in [5.41, 5.74) is 0. The van der Waals surface area contributed by atoms with Gasteiger partial charge in [0.1, 0.15) is 21.9 Å². The van der Waals surface area contributed by atoms with E-state index in [-0.39, 0.29) is 29.2 Å². The van der Waals surface area contributed by atoms with Crippen LogP contribution in [0.15, 0.2) is 0 Å². The van der Waals surface area contributed by atoms with Gasteiger partial charge in [0.15, 0.2) is 0 Å². The summed E-state index contributed by atoms with van der Waals surface area (Å²) in [5, 5.41) is 2.66. The Morgan fingerprint density at radius 2 is 1.90 bits per heavy atom. The summed E-state index contributed by atoms with van der Waals surface area (Å²) in [6.07, 6.45) is 0.366. The SMILES string of the molecule is CCS(=O)(=O)CCCN1C(=O)C(C)NC(=O)C1C(C)C. The van der Waals surface area contributed by atoms with Gasteiger partial charge in [-0.15, -0.1) is 0 Å². The van der Waals surface area contributed by atoms with Crippen molar-refractivity contribution in [3.8, 4) is 0 Å². The van der Waals surface area contributed by atoms with Gasteiger partial charge in [0, 0.05) is 12.3 Å². The third kappa shape index (κ3) is 3.94. The summed E-state index contributed by atoms with van der Waals surface area (Å²) in [7, 11) is -3.04. The molecule has 2 amide bonds. The first-order chi connectivity index (χ1) is 9.19. The van der Waals surface area contributed by atoms with Gasteiger partial charge in [0.05, 0.1) is 5.75 Å².